The van der Waals surface area contributed by atoms with Crippen LogP contribution in [0.25, 0.3) is 11.6 Å². The molecule has 1 aliphatic heterocycles. The Hall–Kier alpha value is -0.980. The van der Waals surface area contributed by atoms with Crippen molar-refractivity contribution in [2.75, 3.05) is 0 Å². The van der Waals surface area contributed by atoms with E-state index in [-0.39, 0.29) is 0 Å². The summed E-state index contributed by atoms with van der Waals surface area (Å²) < 4.78 is 2.42. The van der Waals surface area contributed by atoms with Crippen LogP contribution in [0.1, 0.15) is 25.7 Å². The summed E-state index contributed by atoms with van der Waals surface area (Å²) in [5.41, 5.74) is 1.70. The molecule has 0 fully saturated rings. The van der Waals surface area contributed by atoms with Crippen LogP contribution in [0.15, 0.2) is 12.3 Å². The van der Waals surface area contributed by atoms with E-state index in [1.165, 1.54) is 37.4 Å². The third-order valence-electron chi connectivity index (χ3n) is 3.02. The van der Waals surface area contributed by atoms with Crippen LogP contribution in [0.4, 0.5) is 0 Å². The minimum Gasteiger partial charge on any atom is -0.348 e. The molecule has 0 aromatic carbocycles. The summed E-state index contributed by atoms with van der Waals surface area (Å²) in [6, 6.07) is 2.26. The Balaban J connectivity index is 2.49. The van der Waals surface area contributed by atoms with Crippen molar-refractivity contribution in [2.24, 2.45) is 0 Å². The van der Waals surface area contributed by atoms with Gasteiger partial charge in [0.15, 0.2) is 0 Å². The fraction of sp³-hybridized carbons (Fsp3) is 0.455. The average molecular weight is 159 g/mol. The Morgan fingerprint density at radius 2 is 2.25 bits per heavy atom. The van der Waals surface area contributed by atoms with Crippen molar-refractivity contribution >= 4 is 11.6 Å². The number of hydrogen-bond donors (Lipinski definition) is 0. The number of nitrogens with zero attached hydrogens (tertiary/aromatic N) is 1. The van der Waals surface area contributed by atoms with Gasteiger partial charge in [-0.05, 0) is 42.5 Å². The lowest BCUT2D eigenvalue weighted by Crippen LogP contribution is -2.36. The second-order valence-corrected chi connectivity index (χ2v) is 3.76. The fourth-order valence-corrected chi connectivity index (χ4v) is 2.47. The third kappa shape index (κ3) is 0.739. The summed E-state index contributed by atoms with van der Waals surface area (Å²) in [5.74, 6) is 0. The van der Waals surface area contributed by atoms with E-state index in [2.05, 4.69) is 22.9 Å². The molecule has 0 radical (unpaired) electrons. The molecule has 3 rings (SSSR count). The van der Waals surface area contributed by atoms with Crippen molar-refractivity contribution in [3.63, 3.8) is 0 Å². The highest BCUT2D eigenvalue weighted by Crippen LogP contribution is 2.17. The minimum atomic E-state index is 1.23. The lowest BCUT2D eigenvalue weighted by molar-refractivity contribution is 0.602. The molecule has 0 unspecified atom stereocenters. The van der Waals surface area contributed by atoms with E-state index in [4.69, 9.17) is 0 Å². The van der Waals surface area contributed by atoms with Crippen LogP contribution < -0.4 is 10.6 Å². The number of aryl methyl sites for hydroxylation is 1. The van der Waals surface area contributed by atoms with E-state index >= 15 is 0 Å². The zero-order valence-electron chi connectivity index (χ0n) is 7.21. The predicted octanol–water partition coefficient (Wildman–Crippen LogP) is 1.01. The molecular weight excluding hydrogens is 146 g/mol. The molecule has 0 atom stereocenters. The first-order chi connectivity index (χ1) is 5.95. The van der Waals surface area contributed by atoms with Gasteiger partial charge < -0.3 is 4.57 Å². The molecule has 0 spiro atoms. The van der Waals surface area contributed by atoms with Crippen LogP contribution in [0.5, 0.6) is 0 Å². The quantitative estimate of drug-likeness (QED) is 0.532. The first kappa shape index (κ1) is 6.53. The van der Waals surface area contributed by atoms with Gasteiger partial charge in [-0.1, -0.05) is 6.08 Å². The molecule has 12 heavy (non-hydrogen) atoms. The Morgan fingerprint density at radius 1 is 1.25 bits per heavy atom. The SMILES string of the molecule is C1=c2ccn3c2=C(CC1)CCC3. The molecular formula is C11H13N. The zero-order valence-corrected chi connectivity index (χ0v) is 7.21. The lowest BCUT2D eigenvalue weighted by Gasteiger charge is -2.17. The van der Waals surface area contributed by atoms with Gasteiger partial charge in [-0.25, -0.2) is 0 Å². The van der Waals surface area contributed by atoms with Crippen LogP contribution in [-0.2, 0) is 6.54 Å². The highest BCUT2D eigenvalue weighted by Gasteiger charge is 2.12. The third-order valence-corrected chi connectivity index (χ3v) is 3.02. The Morgan fingerprint density at radius 3 is 3.25 bits per heavy atom. The Bertz CT molecular complexity index is 422. The van der Waals surface area contributed by atoms with Crippen LogP contribution >= 0.6 is 0 Å². The van der Waals surface area contributed by atoms with Gasteiger partial charge in [-0.15, -0.1) is 0 Å². The van der Waals surface area contributed by atoms with E-state index in [1.807, 2.05) is 0 Å². The van der Waals surface area contributed by atoms with Crippen molar-refractivity contribution in [1.29, 1.82) is 0 Å². The summed E-state index contributed by atoms with van der Waals surface area (Å²) in [7, 11) is 0. The molecule has 1 aromatic heterocycles. The summed E-state index contributed by atoms with van der Waals surface area (Å²) in [6.07, 6.45) is 9.86. The predicted molar refractivity (Wildman–Crippen MR) is 50.0 cm³/mol. The standard InChI is InChI=1S/C11H13N/c1-3-9-5-2-7-12-8-6-10(4-1)11(9)12/h4,6,8H,1-3,5,7H2. The van der Waals surface area contributed by atoms with Crippen molar-refractivity contribution in [3.8, 4) is 0 Å². The summed E-state index contributed by atoms with van der Waals surface area (Å²) in [4.78, 5) is 0. The molecule has 1 aliphatic carbocycles. The van der Waals surface area contributed by atoms with E-state index in [9.17, 15) is 0 Å². The summed E-state index contributed by atoms with van der Waals surface area (Å²) in [6.45, 7) is 1.23. The summed E-state index contributed by atoms with van der Waals surface area (Å²) in [5, 5.41) is 3.03. The Kier molecular flexibility index (Phi) is 1.23. The molecule has 2 heterocycles. The van der Waals surface area contributed by atoms with Gasteiger partial charge in [0.05, 0.1) is 0 Å². The molecule has 0 N–H and O–H groups in total. The molecule has 1 nitrogen and oxygen atoms in total. The molecule has 1 aromatic rings. The smallest absolute Gasteiger partial charge is 0.0469 e. The first-order valence-corrected chi connectivity index (χ1v) is 4.82. The highest BCUT2D eigenvalue weighted by molar-refractivity contribution is 5.50. The largest absolute Gasteiger partial charge is 0.348 e. The van der Waals surface area contributed by atoms with Crippen molar-refractivity contribution in [3.05, 3.63) is 22.8 Å². The maximum Gasteiger partial charge on any atom is 0.0469 e. The highest BCUT2D eigenvalue weighted by atomic mass is 15.0. The van der Waals surface area contributed by atoms with Crippen LogP contribution in [0, 0.1) is 0 Å². The molecule has 62 valence electrons. The van der Waals surface area contributed by atoms with Crippen LogP contribution in [0.3, 0.4) is 0 Å². The number of rotatable bonds is 0. The molecule has 0 saturated carbocycles. The average Bonchev–Trinajstić information content (AvgIpc) is 2.52. The zero-order chi connectivity index (χ0) is 7.97. The number of aromatic nitrogens is 1. The molecule has 1 heteroatoms. The van der Waals surface area contributed by atoms with E-state index in [1.54, 1.807) is 10.9 Å². The van der Waals surface area contributed by atoms with E-state index in [0.717, 1.165) is 0 Å². The van der Waals surface area contributed by atoms with E-state index in [0.29, 0.717) is 0 Å². The molecule has 0 amide bonds. The number of hydrogen-bond acceptors (Lipinski definition) is 0. The van der Waals surface area contributed by atoms with Gasteiger partial charge >= 0.3 is 0 Å². The van der Waals surface area contributed by atoms with Crippen molar-refractivity contribution in [2.45, 2.75) is 32.2 Å². The maximum absolute atomic E-state index is 2.42. The van der Waals surface area contributed by atoms with Gasteiger partial charge in [0.2, 0.25) is 0 Å². The van der Waals surface area contributed by atoms with Gasteiger partial charge in [0, 0.05) is 18.1 Å². The maximum atomic E-state index is 2.42. The monoisotopic (exact) mass is 159 g/mol. The molecule has 2 aliphatic rings. The minimum absolute atomic E-state index is 1.23. The normalized spacial score (nSPS) is 20.2. The molecule has 0 saturated heterocycles. The fourth-order valence-electron chi connectivity index (χ4n) is 2.47. The van der Waals surface area contributed by atoms with Gasteiger partial charge in [-0.2, -0.15) is 0 Å². The van der Waals surface area contributed by atoms with Gasteiger partial charge in [0.1, 0.15) is 0 Å². The van der Waals surface area contributed by atoms with E-state index < -0.39 is 0 Å². The lowest BCUT2D eigenvalue weighted by atomic mass is 9.98. The van der Waals surface area contributed by atoms with Crippen LogP contribution in [-0.4, -0.2) is 4.57 Å². The second kappa shape index (κ2) is 2.25. The van der Waals surface area contributed by atoms with Gasteiger partial charge in [-0.3, -0.25) is 0 Å². The summed E-state index contributed by atoms with van der Waals surface area (Å²) >= 11 is 0. The van der Waals surface area contributed by atoms with Gasteiger partial charge in [0.25, 0.3) is 0 Å². The van der Waals surface area contributed by atoms with Crippen molar-refractivity contribution < 1.29 is 0 Å². The second-order valence-electron chi connectivity index (χ2n) is 3.76. The molecule has 0 bridgehead atoms. The topological polar surface area (TPSA) is 4.93 Å². The Labute approximate surface area is 72.0 Å². The van der Waals surface area contributed by atoms with Crippen LogP contribution in [0.2, 0.25) is 0 Å². The van der Waals surface area contributed by atoms with Crippen molar-refractivity contribution in [1.82, 2.24) is 4.57 Å². The first-order valence-electron chi connectivity index (χ1n) is 4.82.